The third-order valence-electron chi connectivity index (χ3n) is 5.22. The van der Waals surface area contributed by atoms with Crippen LogP contribution in [0, 0.1) is 0 Å². The van der Waals surface area contributed by atoms with Crippen molar-refractivity contribution in [1.29, 1.82) is 0 Å². The molecule has 39 heavy (non-hydrogen) atoms. The Balaban J connectivity index is 0.000000673. The number of aromatic nitrogens is 4. The number of aliphatic hydroxyl groups is 2. The molecule has 1 fully saturated rings. The van der Waals surface area contributed by atoms with Crippen LogP contribution in [0.3, 0.4) is 0 Å². The summed E-state index contributed by atoms with van der Waals surface area (Å²) in [5.41, 5.74) is 4.50. The Morgan fingerprint density at radius 1 is 1.05 bits per heavy atom. The van der Waals surface area contributed by atoms with Gasteiger partial charge in [0.05, 0.1) is 12.9 Å². The van der Waals surface area contributed by atoms with Gasteiger partial charge in [-0.3, -0.25) is 18.9 Å². The molecule has 3 rings (SSSR count). The van der Waals surface area contributed by atoms with Crippen LogP contribution in [0.2, 0.25) is 0 Å². The monoisotopic (exact) mass is 624 g/mol. The second-order valence-electron chi connectivity index (χ2n) is 7.83. The number of aliphatic hydroxyl groups excluding tert-OH is 2. The third-order valence-corrected chi connectivity index (χ3v) is 9.02. The SMILES string of the molecule is CCN(CC)CC.Nc1nc2c(ncn2[C@@H]2O[C@H](COP(=O)(O)OP(=O)(O)OP(=O)(O)O)[C@@H](O)[C@H]2O)c(=O)[nH]1. The lowest BCUT2D eigenvalue weighted by Gasteiger charge is -2.19. The summed E-state index contributed by atoms with van der Waals surface area (Å²) in [7, 11) is -16.8. The van der Waals surface area contributed by atoms with Gasteiger partial charge in [-0.1, -0.05) is 20.8 Å². The molecule has 0 aliphatic carbocycles. The van der Waals surface area contributed by atoms with Gasteiger partial charge in [-0.2, -0.15) is 13.6 Å². The van der Waals surface area contributed by atoms with Gasteiger partial charge in [-0.15, -0.1) is 0 Å². The molecule has 1 aliphatic heterocycles. The lowest BCUT2D eigenvalue weighted by molar-refractivity contribution is -0.0503. The fraction of sp³-hybridized carbons (Fsp3) is 0.688. The molecule has 0 spiro atoms. The maximum atomic E-state index is 11.9. The Labute approximate surface area is 220 Å². The molecule has 1 saturated heterocycles. The average molecular weight is 624 g/mol. The normalized spacial score (nSPS) is 24.8. The van der Waals surface area contributed by atoms with Gasteiger partial charge >= 0.3 is 23.5 Å². The molecule has 23 heteroatoms. The first kappa shape index (κ1) is 33.6. The van der Waals surface area contributed by atoms with E-state index in [9.17, 15) is 33.6 Å². The van der Waals surface area contributed by atoms with E-state index in [0.717, 1.165) is 10.9 Å². The number of fused-ring (bicyclic) bond motifs is 1. The summed E-state index contributed by atoms with van der Waals surface area (Å²) in [5.74, 6) is -0.276. The molecule has 0 radical (unpaired) electrons. The van der Waals surface area contributed by atoms with Gasteiger partial charge in [0.25, 0.3) is 5.56 Å². The van der Waals surface area contributed by atoms with Crippen molar-refractivity contribution >= 4 is 40.6 Å². The molecular weight excluding hydrogens is 593 g/mol. The Bertz CT molecular complexity index is 1310. The number of phosphoric acid groups is 3. The number of hydrogen-bond donors (Lipinski definition) is 8. The average Bonchev–Trinajstić information content (AvgIpc) is 3.33. The number of phosphoric ester groups is 1. The van der Waals surface area contributed by atoms with Crippen molar-refractivity contribution in [3.63, 3.8) is 0 Å². The first-order valence-corrected chi connectivity index (χ1v) is 15.7. The van der Waals surface area contributed by atoms with Gasteiger partial charge < -0.3 is 45.2 Å². The van der Waals surface area contributed by atoms with Crippen LogP contribution < -0.4 is 11.3 Å². The van der Waals surface area contributed by atoms with Gasteiger partial charge in [-0.25, -0.2) is 18.7 Å². The van der Waals surface area contributed by atoms with Crippen LogP contribution in [0.5, 0.6) is 0 Å². The van der Waals surface area contributed by atoms with Crippen LogP contribution in [0.4, 0.5) is 5.95 Å². The lowest BCUT2D eigenvalue weighted by Crippen LogP contribution is -2.33. The van der Waals surface area contributed by atoms with Crippen molar-refractivity contribution in [2.45, 2.75) is 45.3 Å². The number of nitrogen functional groups attached to an aromatic ring is 1. The smallest absolute Gasteiger partial charge is 0.387 e. The summed E-state index contributed by atoms with van der Waals surface area (Å²) in [6.07, 6.45) is -5.33. The van der Waals surface area contributed by atoms with E-state index in [2.05, 4.69) is 53.8 Å². The topological polar surface area (TPSA) is 302 Å². The molecule has 224 valence electrons. The number of ether oxygens (including phenoxy) is 1. The van der Waals surface area contributed by atoms with E-state index in [1.165, 1.54) is 19.6 Å². The Hall–Kier alpha value is -1.60. The van der Waals surface area contributed by atoms with Crippen LogP contribution in [-0.4, -0.2) is 98.8 Å². The van der Waals surface area contributed by atoms with Gasteiger partial charge in [0, 0.05) is 0 Å². The number of nitrogens with one attached hydrogen (secondary N) is 1. The van der Waals surface area contributed by atoms with Crippen molar-refractivity contribution in [2.75, 3.05) is 32.0 Å². The van der Waals surface area contributed by atoms with Crippen molar-refractivity contribution in [3.8, 4) is 0 Å². The van der Waals surface area contributed by atoms with E-state index in [0.29, 0.717) is 0 Å². The highest BCUT2D eigenvalue weighted by molar-refractivity contribution is 7.66. The largest absolute Gasteiger partial charge is 0.490 e. The number of nitrogens with two attached hydrogens (primary N) is 1. The summed E-state index contributed by atoms with van der Waals surface area (Å²) >= 11 is 0. The van der Waals surface area contributed by atoms with E-state index in [1.54, 1.807) is 0 Å². The molecule has 2 unspecified atom stereocenters. The van der Waals surface area contributed by atoms with Gasteiger partial charge in [-0.05, 0) is 19.6 Å². The highest BCUT2D eigenvalue weighted by atomic mass is 31.3. The van der Waals surface area contributed by atoms with E-state index < -0.39 is 60.2 Å². The van der Waals surface area contributed by atoms with Gasteiger partial charge in [0.15, 0.2) is 17.4 Å². The minimum absolute atomic E-state index is 0.115. The number of imidazole rings is 1. The Morgan fingerprint density at radius 2 is 1.64 bits per heavy atom. The number of hydrogen-bond acceptors (Lipinski definition) is 14. The quantitative estimate of drug-likeness (QED) is 0.139. The molecule has 0 bridgehead atoms. The Morgan fingerprint density at radius 3 is 2.15 bits per heavy atom. The van der Waals surface area contributed by atoms with Gasteiger partial charge in [0.2, 0.25) is 5.95 Å². The van der Waals surface area contributed by atoms with Gasteiger partial charge in [0.1, 0.15) is 18.3 Å². The van der Waals surface area contributed by atoms with Crippen LogP contribution in [-0.2, 0) is 31.6 Å². The van der Waals surface area contributed by atoms with Crippen LogP contribution in [0.15, 0.2) is 11.1 Å². The highest BCUT2D eigenvalue weighted by Gasteiger charge is 2.47. The third kappa shape index (κ3) is 9.48. The summed E-state index contributed by atoms with van der Waals surface area (Å²) in [6.45, 7) is 9.11. The standard InChI is InChI=1S/C10H16N5O14P3.C6H15N/c11-10-13-7-4(8(18)14-10)12-2-15(7)9-6(17)5(16)3(27-9)1-26-31(22,23)29-32(24,25)28-30(19,20)21;1-4-7(5-2)6-3/h2-3,5-6,9,16-17H,1H2,(H,22,23)(H,24,25)(H2,19,20,21)(H3,11,13,14,18);4-6H2,1-3H3/t3-,5-,6-,9-;/m1./s1. The van der Waals surface area contributed by atoms with Crippen LogP contribution in [0.1, 0.15) is 27.0 Å². The van der Waals surface area contributed by atoms with Crippen molar-refractivity contribution in [1.82, 2.24) is 24.4 Å². The van der Waals surface area contributed by atoms with E-state index in [4.69, 9.17) is 25.2 Å². The second-order valence-corrected chi connectivity index (χ2v) is 12.2. The number of nitrogens with zero attached hydrogens (tertiary/aromatic N) is 4. The maximum absolute atomic E-state index is 11.9. The predicted molar refractivity (Wildman–Crippen MR) is 132 cm³/mol. The molecule has 0 saturated carbocycles. The zero-order valence-corrected chi connectivity index (χ0v) is 23.6. The van der Waals surface area contributed by atoms with E-state index >= 15 is 0 Å². The number of aromatic amines is 1. The molecule has 20 nitrogen and oxygen atoms in total. The molecular formula is C16H31N6O14P3. The highest BCUT2D eigenvalue weighted by Crippen LogP contribution is 2.66. The predicted octanol–water partition coefficient (Wildman–Crippen LogP) is -0.988. The summed E-state index contributed by atoms with van der Waals surface area (Å²) in [4.78, 5) is 59.7. The molecule has 9 N–H and O–H groups in total. The minimum atomic E-state index is -5.73. The van der Waals surface area contributed by atoms with E-state index in [-0.39, 0.29) is 17.1 Å². The molecule has 6 atom stereocenters. The zero-order chi connectivity index (χ0) is 29.8. The maximum Gasteiger partial charge on any atom is 0.490 e. The second kappa shape index (κ2) is 13.4. The lowest BCUT2D eigenvalue weighted by atomic mass is 10.1. The summed E-state index contributed by atoms with van der Waals surface area (Å²) < 4.78 is 51.6. The first-order chi connectivity index (χ1) is 17.9. The number of H-pyrrole nitrogens is 1. The van der Waals surface area contributed by atoms with Crippen molar-refractivity contribution in [3.05, 3.63) is 16.7 Å². The number of anilines is 1. The molecule has 1 aliphatic rings. The molecule has 2 aromatic rings. The van der Waals surface area contributed by atoms with Crippen LogP contribution >= 0.6 is 23.5 Å². The molecule has 0 amide bonds. The van der Waals surface area contributed by atoms with Crippen molar-refractivity contribution < 1.29 is 61.4 Å². The minimum Gasteiger partial charge on any atom is -0.387 e. The first-order valence-electron chi connectivity index (χ1n) is 11.2. The summed E-state index contributed by atoms with van der Waals surface area (Å²) in [6, 6.07) is 0. The van der Waals surface area contributed by atoms with Crippen molar-refractivity contribution in [2.24, 2.45) is 0 Å². The Kier molecular flexibility index (Phi) is 11.5. The fourth-order valence-electron chi connectivity index (χ4n) is 3.37. The summed E-state index contributed by atoms with van der Waals surface area (Å²) in [5, 5.41) is 20.4. The number of rotatable bonds is 11. The zero-order valence-electron chi connectivity index (χ0n) is 20.9. The molecule has 2 aromatic heterocycles. The fourth-order valence-corrected chi connectivity index (χ4v) is 6.40. The van der Waals surface area contributed by atoms with E-state index in [1.807, 2.05) is 0 Å². The molecule has 0 aromatic carbocycles. The molecule has 3 heterocycles. The van der Waals surface area contributed by atoms with Crippen LogP contribution in [0.25, 0.3) is 11.2 Å².